The van der Waals surface area contributed by atoms with Gasteiger partial charge in [-0.1, -0.05) is 90.5 Å². The minimum Gasteiger partial charge on any atom is -0.247 e. The molecule has 0 unspecified atom stereocenters. The van der Waals surface area contributed by atoms with Crippen LogP contribution in [-0.2, 0) is 0 Å². The van der Waals surface area contributed by atoms with Crippen LogP contribution in [0.4, 0.5) is 0 Å². The maximum Gasteiger partial charge on any atom is 0.0787 e. The van der Waals surface area contributed by atoms with E-state index in [9.17, 15) is 0 Å². The molecule has 0 N–H and O–H groups in total. The highest BCUT2D eigenvalue weighted by Gasteiger charge is 2.10. The van der Waals surface area contributed by atoms with Gasteiger partial charge in [-0.05, 0) is 35.2 Å². The molecule has 5 rings (SSSR count). The third-order valence-corrected chi connectivity index (χ3v) is 5.11. The van der Waals surface area contributed by atoms with Gasteiger partial charge in [0, 0.05) is 16.5 Å². The Bertz CT molecular complexity index is 1270. The molecule has 0 aliphatic carbocycles. The molecule has 0 amide bonds. The predicted octanol–water partition coefficient (Wildman–Crippen LogP) is 7.03. The summed E-state index contributed by atoms with van der Waals surface area (Å²) in [6.07, 6.45) is 0. The lowest BCUT2D eigenvalue weighted by Gasteiger charge is -2.11. The molecule has 0 saturated carbocycles. The van der Waals surface area contributed by atoms with E-state index in [1.807, 2.05) is 0 Å². The number of benzene rings is 4. The third kappa shape index (κ3) is 2.88. The molecular weight excluding hydrogens is 326 g/mol. The molecule has 0 atom stereocenters. The van der Waals surface area contributed by atoms with Crippen LogP contribution >= 0.6 is 0 Å². The first-order valence-corrected chi connectivity index (χ1v) is 9.24. The lowest BCUT2D eigenvalue weighted by molar-refractivity contribution is 1.35. The van der Waals surface area contributed by atoms with Crippen molar-refractivity contribution in [3.8, 4) is 22.5 Å². The van der Waals surface area contributed by atoms with Gasteiger partial charge in [0.2, 0.25) is 0 Å². The van der Waals surface area contributed by atoms with Crippen molar-refractivity contribution in [2.75, 3.05) is 0 Å². The van der Waals surface area contributed by atoms with Crippen LogP contribution in [0.3, 0.4) is 0 Å². The standard InChI is InChI=1S/C26H19N/c1-18-10-12-20(13-11-18)26-24-9-5-4-8-22(24)17-25(27-26)23-15-14-19-6-2-3-7-21(19)16-23/h2-17H,1H3. The molecule has 1 aromatic heterocycles. The minimum absolute atomic E-state index is 1.01. The summed E-state index contributed by atoms with van der Waals surface area (Å²) in [6, 6.07) is 34.3. The van der Waals surface area contributed by atoms with E-state index >= 15 is 0 Å². The van der Waals surface area contributed by atoms with Gasteiger partial charge in [0.1, 0.15) is 0 Å². The van der Waals surface area contributed by atoms with E-state index in [2.05, 4.69) is 104 Å². The quantitative estimate of drug-likeness (QED) is 0.335. The Balaban J connectivity index is 1.76. The monoisotopic (exact) mass is 345 g/mol. The number of aryl methyl sites for hydroxylation is 1. The largest absolute Gasteiger partial charge is 0.247 e. The molecule has 0 saturated heterocycles. The molecule has 0 radical (unpaired) electrons. The van der Waals surface area contributed by atoms with Crippen molar-refractivity contribution in [2.24, 2.45) is 0 Å². The number of rotatable bonds is 2. The van der Waals surface area contributed by atoms with Crippen LogP contribution in [0.1, 0.15) is 5.56 Å². The molecule has 0 spiro atoms. The zero-order valence-electron chi connectivity index (χ0n) is 15.2. The molecule has 4 aromatic carbocycles. The molecule has 5 aromatic rings. The van der Waals surface area contributed by atoms with Crippen molar-refractivity contribution in [3.63, 3.8) is 0 Å². The highest BCUT2D eigenvalue weighted by Crippen LogP contribution is 2.32. The van der Waals surface area contributed by atoms with Crippen LogP contribution in [0.15, 0.2) is 97.1 Å². The number of hydrogen-bond acceptors (Lipinski definition) is 1. The van der Waals surface area contributed by atoms with Crippen molar-refractivity contribution in [2.45, 2.75) is 6.92 Å². The fourth-order valence-electron chi connectivity index (χ4n) is 3.63. The van der Waals surface area contributed by atoms with Crippen molar-refractivity contribution in [3.05, 3.63) is 103 Å². The fraction of sp³-hybridized carbons (Fsp3) is 0.0385. The lowest BCUT2D eigenvalue weighted by Crippen LogP contribution is -1.91. The van der Waals surface area contributed by atoms with Crippen LogP contribution in [0.2, 0.25) is 0 Å². The lowest BCUT2D eigenvalue weighted by atomic mass is 9.99. The van der Waals surface area contributed by atoms with E-state index < -0.39 is 0 Å². The van der Waals surface area contributed by atoms with E-state index in [-0.39, 0.29) is 0 Å². The van der Waals surface area contributed by atoms with Gasteiger partial charge < -0.3 is 0 Å². The molecular formula is C26H19N. The number of nitrogens with zero attached hydrogens (tertiary/aromatic N) is 1. The number of pyridine rings is 1. The molecule has 1 heterocycles. The average Bonchev–Trinajstić information content (AvgIpc) is 2.73. The Morgan fingerprint density at radius 1 is 0.556 bits per heavy atom. The zero-order chi connectivity index (χ0) is 18.2. The van der Waals surface area contributed by atoms with Crippen LogP contribution in [0.5, 0.6) is 0 Å². The summed E-state index contributed by atoms with van der Waals surface area (Å²) < 4.78 is 0. The third-order valence-electron chi connectivity index (χ3n) is 5.11. The number of hydrogen-bond donors (Lipinski definition) is 0. The second-order valence-electron chi connectivity index (χ2n) is 7.01. The maximum absolute atomic E-state index is 5.08. The number of aromatic nitrogens is 1. The SMILES string of the molecule is Cc1ccc(-c2nc(-c3ccc4ccccc4c3)cc3ccccc23)cc1. The molecule has 128 valence electrons. The van der Waals surface area contributed by atoms with E-state index in [0.717, 1.165) is 22.5 Å². The number of fused-ring (bicyclic) bond motifs is 2. The van der Waals surface area contributed by atoms with Crippen molar-refractivity contribution < 1.29 is 0 Å². The first kappa shape index (κ1) is 15.8. The summed E-state index contributed by atoms with van der Waals surface area (Å²) >= 11 is 0. The van der Waals surface area contributed by atoms with Crippen LogP contribution in [0, 0.1) is 6.92 Å². The van der Waals surface area contributed by atoms with Gasteiger partial charge in [0.25, 0.3) is 0 Å². The van der Waals surface area contributed by atoms with Gasteiger partial charge in [-0.3, -0.25) is 0 Å². The van der Waals surface area contributed by atoms with Gasteiger partial charge in [0.15, 0.2) is 0 Å². The first-order valence-electron chi connectivity index (χ1n) is 9.24. The predicted molar refractivity (Wildman–Crippen MR) is 115 cm³/mol. The summed E-state index contributed by atoms with van der Waals surface area (Å²) in [7, 11) is 0. The average molecular weight is 345 g/mol. The Labute approximate surface area is 158 Å². The molecule has 0 bridgehead atoms. The molecule has 0 aliphatic heterocycles. The highest BCUT2D eigenvalue weighted by atomic mass is 14.7. The summed E-state index contributed by atoms with van der Waals surface area (Å²) in [6.45, 7) is 2.11. The Morgan fingerprint density at radius 2 is 1.22 bits per heavy atom. The second-order valence-corrected chi connectivity index (χ2v) is 7.01. The van der Waals surface area contributed by atoms with Gasteiger partial charge in [0.05, 0.1) is 11.4 Å². The van der Waals surface area contributed by atoms with Crippen LogP contribution in [-0.4, -0.2) is 4.98 Å². The Kier molecular flexibility index (Phi) is 3.72. The molecule has 1 heteroatoms. The van der Waals surface area contributed by atoms with E-state index in [0.29, 0.717) is 0 Å². The minimum atomic E-state index is 1.01. The summed E-state index contributed by atoms with van der Waals surface area (Å²) in [5, 5.41) is 4.89. The summed E-state index contributed by atoms with van der Waals surface area (Å²) in [5.74, 6) is 0. The van der Waals surface area contributed by atoms with Crippen molar-refractivity contribution in [1.82, 2.24) is 4.98 Å². The molecule has 27 heavy (non-hydrogen) atoms. The van der Waals surface area contributed by atoms with E-state index in [4.69, 9.17) is 4.98 Å². The van der Waals surface area contributed by atoms with Crippen LogP contribution in [0.25, 0.3) is 44.1 Å². The molecule has 1 nitrogen and oxygen atoms in total. The normalized spacial score (nSPS) is 11.1. The van der Waals surface area contributed by atoms with Crippen LogP contribution < -0.4 is 0 Å². The van der Waals surface area contributed by atoms with Gasteiger partial charge >= 0.3 is 0 Å². The molecule has 0 aliphatic rings. The first-order chi connectivity index (χ1) is 13.3. The fourth-order valence-corrected chi connectivity index (χ4v) is 3.63. The Morgan fingerprint density at radius 3 is 2.04 bits per heavy atom. The van der Waals surface area contributed by atoms with E-state index in [1.54, 1.807) is 0 Å². The van der Waals surface area contributed by atoms with Gasteiger partial charge in [-0.25, -0.2) is 4.98 Å². The molecule has 0 fully saturated rings. The second kappa shape index (κ2) is 6.37. The topological polar surface area (TPSA) is 12.9 Å². The van der Waals surface area contributed by atoms with Crippen molar-refractivity contribution >= 4 is 21.5 Å². The summed E-state index contributed by atoms with van der Waals surface area (Å²) in [4.78, 5) is 5.08. The summed E-state index contributed by atoms with van der Waals surface area (Å²) in [5.41, 5.74) is 5.60. The Hall–Kier alpha value is -3.45. The van der Waals surface area contributed by atoms with Gasteiger partial charge in [-0.2, -0.15) is 0 Å². The zero-order valence-corrected chi connectivity index (χ0v) is 15.2. The van der Waals surface area contributed by atoms with Crippen molar-refractivity contribution in [1.29, 1.82) is 0 Å². The smallest absolute Gasteiger partial charge is 0.0787 e. The highest BCUT2D eigenvalue weighted by molar-refractivity contribution is 5.97. The van der Waals surface area contributed by atoms with Gasteiger partial charge in [-0.15, -0.1) is 0 Å². The maximum atomic E-state index is 5.08. The van der Waals surface area contributed by atoms with E-state index in [1.165, 1.54) is 27.1 Å².